The first-order chi connectivity index (χ1) is 7.34. The van der Waals surface area contributed by atoms with Crippen LogP contribution < -0.4 is 10.3 Å². The number of nitrogens with one attached hydrogen (secondary N) is 1. The minimum atomic E-state index is -0.317. The lowest BCUT2D eigenvalue weighted by atomic mass is 10.3. The summed E-state index contributed by atoms with van der Waals surface area (Å²) in [6, 6.07) is 15.4. The third kappa shape index (κ3) is 2.71. The summed E-state index contributed by atoms with van der Waals surface area (Å²) in [5.74, 6) is 0.126. The normalized spacial score (nSPS) is 9.67. The van der Waals surface area contributed by atoms with Gasteiger partial charge in [0.2, 0.25) is 0 Å². The fourth-order valence-corrected chi connectivity index (χ4v) is 1.15. The van der Waals surface area contributed by atoms with Crippen molar-refractivity contribution in [3.63, 3.8) is 0 Å². The van der Waals surface area contributed by atoms with E-state index in [1.165, 1.54) is 12.1 Å². The highest BCUT2D eigenvalue weighted by Gasteiger charge is 1.95. The van der Waals surface area contributed by atoms with Crippen LogP contribution in [0.4, 0.5) is 10.1 Å². The van der Waals surface area contributed by atoms with Crippen LogP contribution in [0.2, 0.25) is 0 Å². The van der Waals surface area contributed by atoms with Gasteiger partial charge in [0, 0.05) is 6.07 Å². The fraction of sp³-hybridized carbons (Fsp3) is 0. The number of hydrogen-bond acceptors (Lipinski definition) is 2. The predicted molar refractivity (Wildman–Crippen MR) is 57.1 cm³/mol. The number of rotatable bonds is 3. The first kappa shape index (κ1) is 9.52. The Balaban J connectivity index is 1.99. The number of para-hydroxylation sites is 1. The molecule has 0 unspecified atom stereocenters. The first-order valence-electron chi connectivity index (χ1n) is 4.58. The zero-order valence-corrected chi connectivity index (χ0v) is 7.98. The van der Waals surface area contributed by atoms with E-state index >= 15 is 0 Å². The molecule has 0 fully saturated rings. The Bertz CT molecular complexity index is 431. The molecule has 0 amide bonds. The van der Waals surface area contributed by atoms with E-state index < -0.39 is 0 Å². The molecule has 3 heteroatoms. The molecule has 0 radical (unpaired) electrons. The van der Waals surface area contributed by atoms with E-state index in [4.69, 9.17) is 4.84 Å². The molecular formula is C12H10FNO. The second-order valence-corrected chi connectivity index (χ2v) is 3.03. The maximum Gasteiger partial charge on any atom is 0.157 e. The van der Waals surface area contributed by atoms with Gasteiger partial charge in [0.25, 0.3) is 0 Å². The van der Waals surface area contributed by atoms with Crippen LogP contribution in [-0.4, -0.2) is 0 Å². The molecule has 2 nitrogen and oxygen atoms in total. The maximum atomic E-state index is 12.8. The third-order valence-corrected chi connectivity index (χ3v) is 1.86. The van der Waals surface area contributed by atoms with Crippen molar-refractivity contribution in [2.24, 2.45) is 0 Å². The third-order valence-electron chi connectivity index (χ3n) is 1.86. The molecule has 15 heavy (non-hydrogen) atoms. The second kappa shape index (κ2) is 4.46. The SMILES string of the molecule is Fc1cccc(ONc2ccccc2)c1. The zero-order valence-electron chi connectivity index (χ0n) is 7.98. The van der Waals surface area contributed by atoms with Crippen molar-refractivity contribution in [3.05, 3.63) is 60.4 Å². The molecule has 0 aliphatic rings. The average molecular weight is 203 g/mol. The highest BCUT2D eigenvalue weighted by Crippen LogP contribution is 2.13. The van der Waals surface area contributed by atoms with E-state index in [9.17, 15) is 4.39 Å². The van der Waals surface area contributed by atoms with Crippen LogP contribution in [0.3, 0.4) is 0 Å². The lowest BCUT2D eigenvalue weighted by Crippen LogP contribution is -2.04. The summed E-state index contributed by atoms with van der Waals surface area (Å²) in [7, 11) is 0. The quantitative estimate of drug-likeness (QED) is 0.773. The van der Waals surface area contributed by atoms with Crippen molar-refractivity contribution in [2.45, 2.75) is 0 Å². The molecule has 0 aliphatic carbocycles. The van der Waals surface area contributed by atoms with E-state index in [2.05, 4.69) is 5.48 Å². The standard InChI is InChI=1S/C12H10FNO/c13-10-5-4-8-12(9-10)15-14-11-6-2-1-3-7-11/h1-9,14H. The van der Waals surface area contributed by atoms with Crippen LogP contribution in [0.1, 0.15) is 0 Å². The van der Waals surface area contributed by atoms with Crippen LogP contribution in [0, 0.1) is 5.82 Å². The van der Waals surface area contributed by atoms with Gasteiger partial charge in [-0.3, -0.25) is 0 Å². The van der Waals surface area contributed by atoms with Crippen LogP contribution >= 0.6 is 0 Å². The summed E-state index contributed by atoms with van der Waals surface area (Å²) in [6.45, 7) is 0. The number of anilines is 1. The van der Waals surface area contributed by atoms with Gasteiger partial charge in [0.05, 0.1) is 5.69 Å². The minimum Gasteiger partial charge on any atom is -0.382 e. The van der Waals surface area contributed by atoms with Crippen molar-refractivity contribution < 1.29 is 9.23 Å². The molecule has 0 bridgehead atoms. The molecule has 0 spiro atoms. The first-order valence-corrected chi connectivity index (χ1v) is 4.58. The second-order valence-electron chi connectivity index (χ2n) is 3.03. The maximum absolute atomic E-state index is 12.8. The molecular weight excluding hydrogens is 193 g/mol. The topological polar surface area (TPSA) is 21.3 Å². The number of benzene rings is 2. The van der Waals surface area contributed by atoms with E-state index in [0.29, 0.717) is 5.75 Å². The minimum absolute atomic E-state index is 0.317. The largest absolute Gasteiger partial charge is 0.382 e. The highest BCUT2D eigenvalue weighted by atomic mass is 19.1. The predicted octanol–water partition coefficient (Wildman–Crippen LogP) is 3.23. The molecule has 0 aromatic heterocycles. The lowest BCUT2D eigenvalue weighted by Gasteiger charge is -2.07. The monoisotopic (exact) mass is 203 g/mol. The van der Waals surface area contributed by atoms with Crippen molar-refractivity contribution in [3.8, 4) is 5.75 Å². The number of hydrogen-bond donors (Lipinski definition) is 1. The van der Waals surface area contributed by atoms with E-state index in [0.717, 1.165) is 5.69 Å². The van der Waals surface area contributed by atoms with Gasteiger partial charge in [-0.15, -0.1) is 0 Å². The molecule has 2 aromatic carbocycles. The summed E-state index contributed by atoms with van der Waals surface area (Å²) in [6.07, 6.45) is 0. The molecule has 0 atom stereocenters. The van der Waals surface area contributed by atoms with Crippen LogP contribution in [0.5, 0.6) is 5.75 Å². The van der Waals surface area contributed by atoms with Gasteiger partial charge in [-0.25, -0.2) is 9.87 Å². The number of halogens is 1. The molecule has 2 aromatic rings. The molecule has 0 saturated heterocycles. The fourth-order valence-electron chi connectivity index (χ4n) is 1.15. The van der Waals surface area contributed by atoms with Gasteiger partial charge in [-0.1, -0.05) is 24.3 Å². The van der Waals surface area contributed by atoms with Gasteiger partial charge in [-0.2, -0.15) is 0 Å². The summed E-state index contributed by atoms with van der Waals surface area (Å²) < 4.78 is 12.8. The van der Waals surface area contributed by atoms with E-state index in [1.54, 1.807) is 12.1 Å². The summed E-state index contributed by atoms with van der Waals surface area (Å²) in [5, 5.41) is 0. The molecule has 2 rings (SSSR count). The van der Waals surface area contributed by atoms with Crippen molar-refractivity contribution >= 4 is 5.69 Å². The highest BCUT2D eigenvalue weighted by molar-refractivity contribution is 5.41. The molecule has 0 saturated carbocycles. The van der Waals surface area contributed by atoms with Gasteiger partial charge in [0.1, 0.15) is 5.82 Å². The van der Waals surface area contributed by atoms with Crippen molar-refractivity contribution in [2.75, 3.05) is 5.48 Å². The summed E-state index contributed by atoms with van der Waals surface area (Å²) >= 11 is 0. The van der Waals surface area contributed by atoms with Crippen LogP contribution in [0.15, 0.2) is 54.6 Å². The summed E-state index contributed by atoms with van der Waals surface area (Å²) in [5.41, 5.74) is 3.54. The Morgan fingerprint density at radius 2 is 1.73 bits per heavy atom. The van der Waals surface area contributed by atoms with Crippen molar-refractivity contribution in [1.82, 2.24) is 0 Å². The van der Waals surface area contributed by atoms with Gasteiger partial charge in [0.15, 0.2) is 5.75 Å². The zero-order chi connectivity index (χ0) is 10.5. The molecule has 76 valence electrons. The van der Waals surface area contributed by atoms with E-state index in [-0.39, 0.29) is 5.82 Å². The molecule has 1 N–H and O–H groups in total. The van der Waals surface area contributed by atoms with E-state index in [1.807, 2.05) is 30.3 Å². The Morgan fingerprint density at radius 3 is 2.47 bits per heavy atom. The van der Waals surface area contributed by atoms with Gasteiger partial charge in [-0.05, 0) is 24.3 Å². The Morgan fingerprint density at radius 1 is 0.933 bits per heavy atom. The Labute approximate surface area is 87.3 Å². The van der Waals surface area contributed by atoms with Gasteiger partial charge >= 0.3 is 0 Å². The average Bonchev–Trinajstić information content (AvgIpc) is 2.28. The smallest absolute Gasteiger partial charge is 0.157 e. The lowest BCUT2D eigenvalue weighted by molar-refractivity contribution is 0.402. The summed E-state index contributed by atoms with van der Waals surface area (Å²) in [4.78, 5) is 5.18. The Kier molecular flexibility index (Phi) is 2.83. The molecule has 0 aliphatic heterocycles. The van der Waals surface area contributed by atoms with Gasteiger partial charge < -0.3 is 4.84 Å². The molecule has 0 heterocycles. The Hall–Kier alpha value is -2.03. The van der Waals surface area contributed by atoms with Crippen LogP contribution in [-0.2, 0) is 0 Å². The van der Waals surface area contributed by atoms with Crippen LogP contribution in [0.25, 0.3) is 0 Å². The van der Waals surface area contributed by atoms with Crippen molar-refractivity contribution in [1.29, 1.82) is 0 Å².